The summed E-state index contributed by atoms with van der Waals surface area (Å²) in [6, 6.07) is 11.6. The van der Waals surface area contributed by atoms with Crippen molar-refractivity contribution in [2.75, 3.05) is 75.4 Å². The number of nitrogens with zero attached hydrogens (tertiary/aromatic N) is 4. The van der Waals surface area contributed by atoms with Crippen LogP contribution in [0, 0.1) is 5.82 Å². The maximum Gasteiger partial charge on any atom is 0.229 e. The number of aryl methyl sites for hydroxylation is 1. The number of ether oxygens (including phenoxy) is 2. The Hall–Kier alpha value is -3.24. The second kappa shape index (κ2) is 15.1. The summed E-state index contributed by atoms with van der Waals surface area (Å²) >= 11 is 3.59. The number of hydrogen-bond acceptors (Lipinski definition) is 9. The molecule has 0 bridgehead atoms. The smallest absolute Gasteiger partial charge is 0.229 e. The highest BCUT2D eigenvalue weighted by Crippen LogP contribution is 2.54. The van der Waals surface area contributed by atoms with Crippen molar-refractivity contribution >= 4 is 46.2 Å². The molecule has 9 nitrogen and oxygen atoms in total. The molecular formula is C36H45BrFN6O3P. The Morgan fingerprint density at radius 3 is 2.54 bits per heavy atom. The van der Waals surface area contributed by atoms with Crippen molar-refractivity contribution in [3.63, 3.8) is 0 Å². The molecule has 1 unspecified atom stereocenters. The number of anilines is 4. The van der Waals surface area contributed by atoms with E-state index >= 15 is 0 Å². The van der Waals surface area contributed by atoms with E-state index in [0.29, 0.717) is 40.0 Å². The molecule has 1 aromatic heterocycles. The third kappa shape index (κ3) is 7.80. The predicted molar refractivity (Wildman–Crippen MR) is 196 cm³/mol. The minimum absolute atomic E-state index is 0.203. The lowest BCUT2D eigenvalue weighted by Crippen LogP contribution is -2.49. The van der Waals surface area contributed by atoms with Gasteiger partial charge in [-0.1, -0.05) is 31.2 Å². The van der Waals surface area contributed by atoms with Gasteiger partial charge in [0.15, 0.2) is 0 Å². The van der Waals surface area contributed by atoms with Crippen LogP contribution in [0.15, 0.2) is 70.2 Å². The molecule has 12 heteroatoms. The van der Waals surface area contributed by atoms with Crippen LogP contribution < -0.4 is 20.3 Å². The number of nitrogens with one attached hydrogen (secondary N) is 2. The van der Waals surface area contributed by atoms with Gasteiger partial charge in [0.05, 0.1) is 30.5 Å². The molecule has 0 radical (unpaired) electrons. The molecule has 6 rings (SSSR count). The molecule has 3 aromatic rings. The fourth-order valence-electron chi connectivity index (χ4n) is 6.94. The van der Waals surface area contributed by atoms with Crippen molar-refractivity contribution in [2.45, 2.75) is 44.6 Å². The van der Waals surface area contributed by atoms with Crippen LogP contribution in [0.25, 0.3) is 0 Å². The van der Waals surface area contributed by atoms with Crippen LogP contribution in [0.1, 0.15) is 43.2 Å². The molecule has 2 aliphatic heterocycles. The number of allylic oxidation sites excluding steroid dienone is 3. The van der Waals surface area contributed by atoms with Gasteiger partial charge in [-0.3, -0.25) is 4.90 Å². The fourth-order valence-corrected chi connectivity index (χ4v) is 8.58. The number of rotatable bonds is 10. The second-order valence-electron chi connectivity index (χ2n) is 12.9. The van der Waals surface area contributed by atoms with Gasteiger partial charge < -0.3 is 29.6 Å². The van der Waals surface area contributed by atoms with E-state index < -0.39 is 7.14 Å². The SMILES string of the molecule is CCc1cc(Nc2ncc(Br)c(NC3=C(P(C)(C)=O)CC(c4ccccc4F)C=C3)n2)c(OC)cc1N1CCC(N2CCOCC2)CC1. The summed E-state index contributed by atoms with van der Waals surface area (Å²) in [5.74, 6) is 1.17. The van der Waals surface area contributed by atoms with Crippen molar-refractivity contribution in [2.24, 2.45) is 0 Å². The molecule has 0 spiro atoms. The van der Waals surface area contributed by atoms with E-state index in [2.05, 4.69) is 60.4 Å². The molecule has 2 saturated heterocycles. The Morgan fingerprint density at radius 1 is 1.10 bits per heavy atom. The van der Waals surface area contributed by atoms with Gasteiger partial charge in [0.25, 0.3) is 0 Å². The largest absolute Gasteiger partial charge is 0.494 e. The Labute approximate surface area is 291 Å². The summed E-state index contributed by atoms with van der Waals surface area (Å²) in [6.45, 7) is 11.4. The van der Waals surface area contributed by atoms with E-state index in [0.717, 1.165) is 75.4 Å². The number of methoxy groups -OCH3 is 1. The zero-order chi connectivity index (χ0) is 33.8. The van der Waals surface area contributed by atoms with Crippen molar-refractivity contribution < 1.29 is 18.4 Å². The highest BCUT2D eigenvalue weighted by Gasteiger charge is 2.29. The Bertz CT molecular complexity index is 1730. The first-order chi connectivity index (χ1) is 23.1. The molecule has 2 N–H and O–H groups in total. The lowest BCUT2D eigenvalue weighted by Gasteiger charge is -2.41. The molecule has 0 saturated carbocycles. The Morgan fingerprint density at radius 2 is 1.85 bits per heavy atom. The van der Waals surface area contributed by atoms with Gasteiger partial charge in [0.1, 0.15) is 24.5 Å². The third-order valence-electron chi connectivity index (χ3n) is 9.57. The van der Waals surface area contributed by atoms with Crippen LogP contribution >= 0.6 is 23.1 Å². The fraction of sp³-hybridized carbons (Fsp3) is 0.444. The number of hydrogen-bond donors (Lipinski definition) is 2. The van der Waals surface area contributed by atoms with Gasteiger partial charge in [0.2, 0.25) is 5.95 Å². The summed E-state index contributed by atoms with van der Waals surface area (Å²) in [5.41, 5.74) is 4.52. The van der Waals surface area contributed by atoms with Crippen LogP contribution in [0.3, 0.4) is 0 Å². The molecule has 48 heavy (non-hydrogen) atoms. The monoisotopic (exact) mass is 738 g/mol. The van der Waals surface area contributed by atoms with E-state index in [-0.39, 0.29) is 11.7 Å². The summed E-state index contributed by atoms with van der Waals surface area (Å²) in [5, 5.41) is 7.53. The van der Waals surface area contributed by atoms with Crippen LogP contribution in [-0.2, 0) is 15.7 Å². The van der Waals surface area contributed by atoms with Gasteiger partial charge >= 0.3 is 0 Å². The molecule has 2 aromatic carbocycles. The van der Waals surface area contributed by atoms with Crippen molar-refractivity contribution in [1.82, 2.24) is 14.9 Å². The third-order valence-corrected chi connectivity index (χ3v) is 11.9. The average molecular weight is 740 g/mol. The highest BCUT2D eigenvalue weighted by molar-refractivity contribution is 9.10. The minimum atomic E-state index is -2.70. The average Bonchev–Trinajstić information content (AvgIpc) is 3.10. The zero-order valence-corrected chi connectivity index (χ0v) is 30.6. The van der Waals surface area contributed by atoms with Crippen LogP contribution in [0.5, 0.6) is 5.75 Å². The molecular weight excluding hydrogens is 694 g/mol. The first-order valence-electron chi connectivity index (χ1n) is 16.7. The number of halogens is 2. The Kier molecular flexibility index (Phi) is 10.9. The maximum absolute atomic E-state index is 14.6. The number of aromatic nitrogens is 2. The zero-order valence-electron chi connectivity index (χ0n) is 28.1. The molecule has 3 aliphatic rings. The number of piperidine rings is 1. The Balaban J connectivity index is 1.21. The summed E-state index contributed by atoms with van der Waals surface area (Å²) in [4.78, 5) is 14.4. The van der Waals surface area contributed by atoms with Crippen LogP contribution in [0.2, 0.25) is 0 Å². The van der Waals surface area contributed by atoms with Gasteiger partial charge in [-0.05, 0) is 84.3 Å². The maximum atomic E-state index is 14.6. The minimum Gasteiger partial charge on any atom is -0.494 e. The lowest BCUT2D eigenvalue weighted by atomic mass is 9.91. The molecule has 256 valence electrons. The second-order valence-corrected chi connectivity index (χ2v) is 17.0. The van der Waals surface area contributed by atoms with Crippen molar-refractivity contribution in [3.8, 4) is 5.75 Å². The lowest BCUT2D eigenvalue weighted by molar-refractivity contribution is 0.0115. The van der Waals surface area contributed by atoms with Crippen LogP contribution in [-0.4, -0.2) is 80.7 Å². The van der Waals surface area contributed by atoms with Crippen molar-refractivity contribution in [3.05, 3.63) is 87.2 Å². The molecule has 1 aliphatic carbocycles. The first-order valence-corrected chi connectivity index (χ1v) is 20.1. The van der Waals surface area contributed by atoms with E-state index in [1.54, 1.807) is 38.8 Å². The number of benzene rings is 2. The van der Waals surface area contributed by atoms with Crippen LogP contribution in [0.4, 0.5) is 27.5 Å². The standard InChI is InChI=1S/C36H45BrFN6O3P/c1-5-24-20-31(33(46-2)22-32(24)44-14-12-26(13-15-44)43-16-18-47-19-17-43)41-36-39-23-28(37)35(42-36)40-30-11-10-25(21-34(30)48(3,4)45)27-8-6-7-9-29(27)38/h6-11,20,22-23,25-26H,5,12-19,21H2,1-4H3,(H2,39,40,41,42). The van der Waals surface area contributed by atoms with E-state index in [1.165, 1.54) is 17.3 Å². The van der Waals surface area contributed by atoms with E-state index in [4.69, 9.17) is 14.5 Å². The first kappa shape index (κ1) is 34.6. The predicted octanol–water partition coefficient (Wildman–Crippen LogP) is 7.98. The summed E-state index contributed by atoms with van der Waals surface area (Å²) < 4.78 is 40.2. The normalized spacial score (nSPS) is 19.5. The molecule has 0 amide bonds. The molecule has 1 atom stereocenters. The number of morpholine rings is 1. The molecule has 3 heterocycles. The van der Waals surface area contributed by atoms with Gasteiger partial charge in [-0.25, -0.2) is 9.37 Å². The summed E-state index contributed by atoms with van der Waals surface area (Å²) in [6.07, 6.45) is 9.12. The van der Waals surface area contributed by atoms with Gasteiger partial charge in [0, 0.05) is 67.1 Å². The molecule has 2 fully saturated rings. The van der Waals surface area contributed by atoms with E-state index in [9.17, 15) is 8.96 Å². The topological polar surface area (TPSA) is 91.8 Å². The quantitative estimate of drug-likeness (QED) is 0.201. The van der Waals surface area contributed by atoms with E-state index in [1.807, 2.05) is 18.2 Å². The highest BCUT2D eigenvalue weighted by atomic mass is 79.9. The summed E-state index contributed by atoms with van der Waals surface area (Å²) in [7, 11) is -1.01. The van der Waals surface area contributed by atoms with Gasteiger partial charge in [-0.15, -0.1) is 0 Å². The van der Waals surface area contributed by atoms with Crippen molar-refractivity contribution in [1.29, 1.82) is 0 Å². The van der Waals surface area contributed by atoms with Gasteiger partial charge in [-0.2, -0.15) is 4.98 Å².